The number of aliphatic hydroxyl groups excluding tert-OH is 1. The highest BCUT2D eigenvalue weighted by Crippen LogP contribution is 2.23. The second-order valence-corrected chi connectivity index (χ2v) is 5.79. The fourth-order valence-electron chi connectivity index (χ4n) is 1.68. The first-order chi connectivity index (χ1) is 10.1. The molecule has 21 heavy (non-hydrogen) atoms. The Bertz CT molecular complexity index is 566. The zero-order valence-corrected chi connectivity index (χ0v) is 12.9. The van der Waals surface area contributed by atoms with Gasteiger partial charge in [-0.05, 0) is 24.8 Å². The van der Waals surface area contributed by atoms with Gasteiger partial charge in [-0.1, -0.05) is 6.07 Å². The third kappa shape index (κ3) is 4.57. The quantitative estimate of drug-likeness (QED) is 0.858. The Labute approximate surface area is 127 Å². The van der Waals surface area contributed by atoms with Gasteiger partial charge in [0.1, 0.15) is 6.26 Å². The summed E-state index contributed by atoms with van der Waals surface area (Å²) >= 11 is 1.55. The van der Waals surface area contributed by atoms with Gasteiger partial charge in [0.25, 0.3) is 0 Å². The maximum Gasteiger partial charge on any atom is 0.317 e. The second kappa shape index (κ2) is 7.24. The number of hydrogen-bond acceptors (Lipinski definition) is 5. The number of amides is 2. The lowest BCUT2D eigenvalue weighted by molar-refractivity contribution is 0.163. The van der Waals surface area contributed by atoms with Crippen molar-refractivity contribution in [1.29, 1.82) is 0 Å². The highest BCUT2D eigenvalue weighted by atomic mass is 32.1. The lowest BCUT2D eigenvalue weighted by Crippen LogP contribution is -2.38. The van der Waals surface area contributed by atoms with Crippen LogP contribution in [-0.4, -0.2) is 40.7 Å². The molecule has 0 radical (unpaired) electrons. The van der Waals surface area contributed by atoms with Crippen LogP contribution in [0.3, 0.4) is 0 Å². The first-order valence-electron chi connectivity index (χ1n) is 6.71. The average molecular weight is 309 g/mol. The number of carbonyl (C=O) groups is 1. The van der Waals surface area contributed by atoms with Crippen LogP contribution in [0.15, 0.2) is 28.2 Å². The van der Waals surface area contributed by atoms with Crippen molar-refractivity contribution in [3.63, 3.8) is 0 Å². The molecule has 2 aromatic rings. The largest absolute Gasteiger partial charge is 0.443 e. The SMILES string of the molecule is CC(O)CCN(C)C(=O)NCc1coc(-c2cccs2)n1. The van der Waals surface area contributed by atoms with Crippen molar-refractivity contribution < 1.29 is 14.3 Å². The number of carbonyl (C=O) groups excluding carboxylic acids is 1. The maximum absolute atomic E-state index is 11.8. The van der Waals surface area contributed by atoms with Crippen LogP contribution in [0.25, 0.3) is 10.8 Å². The molecule has 0 saturated carbocycles. The summed E-state index contributed by atoms with van der Waals surface area (Å²) < 4.78 is 5.38. The highest BCUT2D eigenvalue weighted by molar-refractivity contribution is 7.13. The first kappa shape index (κ1) is 15.5. The monoisotopic (exact) mass is 309 g/mol. The van der Waals surface area contributed by atoms with Crippen LogP contribution >= 0.6 is 11.3 Å². The molecule has 0 aliphatic rings. The number of urea groups is 1. The van der Waals surface area contributed by atoms with Gasteiger partial charge in [0.05, 0.1) is 23.2 Å². The minimum atomic E-state index is -0.413. The summed E-state index contributed by atoms with van der Waals surface area (Å²) in [5, 5.41) is 13.9. The summed E-state index contributed by atoms with van der Waals surface area (Å²) in [6.07, 6.45) is 1.69. The molecule has 0 aliphatic carbocycles. The van der Waals surface area contributed by atoms with E-state index in [2.05, 4.69) is 10.3 Å². The van der Waals surface area contributed by atoms with Crippen molar-refractivity contribution in [2.45, 2.75) is 26.0 Å². The molecule has 2 rings (SSSR count). The summed E-state index contributed by atoms with van der Waals surface area (Å²) in [4.78, 5) is 18.7. The zero-order chi connectivity index (χ0) is 15.2. The van der Waals surface area contributed by atoms with Crippen LogP contribution in [0.5, 0.6) is 0 Å². The summed E-state index contributed by atoms with van der Waals surface area (Å²) in [7, 11) is 1.69. The lowest BCUT2D eigenvalue weighted by atomic mass is 10.3. The number of nitrogens with one attached hydrogen (secondary N) is 1. The van der Waals surface area contributed by atoms with Gasteiger partial charge in [-0.3, -0.25) is 0 Å². The normalized spacial score (nSPS) is 12.1. The third-order valence-electron chi connectivity index (χ3n) is 2.93. The van der Waals surface area contributed by atoms with Gasteiger partial charge in [0.2, 0.25) is 5.89 Å². The van der Waals surface area contributed by atoms with Crippen LogP contribution < -0.4 is 5.32 Å². The molecule has 0 aromatic carbocycles. The number of rotatable bonds is 6. The van der Waals surface area contributed by atoms with E-state index in [0.717, 1.165) is 4.88 Å². The number of oxazole rings is 1. The fourth-order valence-corrected chi connectivity index (χ4v) is 2.34. The maximum atomic E-state index is 11.8. The van der Waals surface area contributed by atoms with Gasteiger partial charge in [-0.15, -0.1) is 11.3 Å². The van der Waals surface area contributed by atoms with Gasteiger partial charge < -0.3 is 19.7 Å². The number of nitrogens with zero attached hydrogens (tertiary/aromatic N) is 2. The van der Waals surface area contributed by atoms with E-state index in [0.29, 0.717) is 31.1 Å². The van der Waals surface area contributed by atoms with Crippen LogP contribution in [-0.2, 0) is 6.54 Å². The molecule has 7 heteroatoms. The molecule has 0 fully saturated rings. The van der Waals surface area contributed by atoms with Gasteiger partial charge in [0, 0.05) is 13.6 Å². The molecule has 2 N–H and O–H groups in total. The molecule has 0 aliphatic heterocycles. The van der Waals surface area contributed by atoms with Crippen molar-refractivity contribution >= 4 is 17.4 Å². The predicted molar refractivity (Wildman–Crippen MR) is 81.0 cm³/mol. The predicted octanol–water partition coefficient (Wildman–Crippen LogP) is 2.32. The molecule has 2 aromatic heterocycles. The highest BCUT2D eigenvalue weighted by Gasteiger charge is 2.11. The summed E-state index contributed by atoms with van der Waals surface area (Å²) in [5.41, 5.74) is 0.677. The van der Waals surface area contributed by atoms with Crippen molar-refractivity contribution in [3.05, 3.63) is 29.5 Å². The molecule has 1 unspecified atom stereocenters. The van der Waals surface area contributed by atoms with E-state index in [1.54, 1.807) is 31.6 Å². The van der Waals surface area contributed by atoms with E-state index in [1.807, 2.05) is 17.5 Å². The van der Waals surface area contributed by atoms with Gasteiger partial charge in [-0.2, -0.15) is 0 Å². The van der Waals surface area contributed by atoms with Crippen molar-refractivity contribution in [1.82, 2.24) is 15.2 Å². The average Bonchev–Trinajstić information content (AvgIpc) is 3.12. The fraction of sp³-hybridized carbons (Fsp3) is 0.429. The van der Waals surface area contributed by atoms with E-state index in [-0.39, 0.29) is 6.03 Å². The van der Waals surface area contributed by atoms with Gasteiger partial charge in [0.15, 0.2) is 0 Å². The van der Waals surface area contributed by atoms with Crippen molar-refractivity contribution in [2.24, 2.45) is 0 Å². The Balaban J connectivity index is 1.81. The molecular weight excluding hydrogens is 290 g/mol. The van der Waals surface area contributed by atoms with E-state index < -0.39 is 6.10 Å². The molecule has 0 bridgehead atoms. The lowest BCUT2D eigenvalue weighted by Gasteiger charge is -2.18. The molecule has 114 valence electrons. The Morgan fingerprint density at radius 1 is 1.62 bits per heavy atom. The summed E-state index contributed by atoms with van der Waals surface area (Å²) in [6, 6.07) is 3.67. The second-order valence-electron chi connectivity index (χ2n) is 4.84. The number of hydrogen-bond donors (Lipinski definition) is 2. The Kier molecular flexibility index (Phi) is 5.35. The smallest absolute Gasteiger partial charge is 0.317 e. The number of aliphatic hydroxyl groups is 1. The number of thiophene rings is 1. The Hall–Kier alpha value is -1.86. The van der Waals surface area contributed by atoms with E-state index in [4.69, 9.17) is 4.42 Å². The van der Waals surface area contributed by atoms with E-state index in [9.17, 15) is 9.90 Å². The molecule has 2 heterocycles. The molecule has 0 saturated heterocycles. The molecule has 2 amide bonds. The summed E-state index contributed by atoms with van der Waals surface area (Å²) in [6.45, 7) is 2.52. The first-order valence-corrected chi connectivity index (χ1v) is 7.59. The molecule has 0 spiro atoms. The zero-order valence-electron chi connectivity index (χ0n) is 12.1. The van der Waals surface area contributed by atoms with Gasteiger partial charge in [-0.25, -0.2) is 9.78 Å². The summed E-state index contributed by atoms with van der Waals surface area (Å²) in [5.74, 6) is 0.566. The van der Waals surface area contributed by atoms with Crippen LogP contribution in [0.1, 0.15) is 19.0 Å². The van der Waals surface area contributed by atoms with Crippen molar-refractivity contribution in [3.8, 4) is 10.8 Å². The topological polar surface area (TPSA) is 78.6 Å². The van der Waals surface area contributed by atoms with Crippen LogP contribution in [0, 0.1) is 0 Å². The van der Waals surface area contributed by atoms with Gasteiger partial charge >= 0.3 is 6.03 Å². The standard InChI is InChI=1S/C14H19N3O3S/c1-10(18)5-6-17(2)14(19)15-8-11-9-20-13(16-11)12-4-3-7-21-12/h3-4,7,9-10,18H,5-6,8H2,1-2H3,(H,15,19). The third-order valence-corrected chi connectivity index (χ3v) is 3.79. The number of aromatic nitrogens is 1. The Morgan fingerprint density at radius 2 is 2.43 bits per heavy atom. The van der Waals surface area contributed by atoms with Crippen LogP contribution in [0.4, 0.5) is 4.79 Å². The molecule has 6 nitrogen and oxygen atoms in total. The Morgan fingerprint density at radius 3 is 3.10 bits per heavy atom. The van der Waals surface area contributed by atoms with Crippen molar-refractivity contribution in [2.75, 3.05) is 13.6 Å². The minimum Gasteiger partial charge on any atom is -0.443 e. The van der Waals surface area contributed by atoms with E-state index >= 15 is 0 Å². The van der Waals surface area contributed by atoms with E-state index in [1.165, 1.54) is 4.90 Å². The minimum absolute atomic E-state index is 0.198. The van der Waals surface area contributed by atoms with Crippen LogP contribution in [0.2, 0.25) is 0 Å². The molecule has 1 atom stereocenters. The molecular formula is C14H19N3O3S.